The Morgan fingerprint density at radius 2 is 2.44 bits per heavy atom. The Morgan fingerprint density at radius 3 is 3.00 bits per heavy atom. The molecular weight excluding hydrogens is 236 g/mol. The normalized spacial score (nSPS) is 18.8. The van der Waals surface area contributed by atoms with Gasteiger partial charge in [-0.3, -0.25) is 10.1 Å². The first-order valence-electron chi connectivity index (χ1n) is 5.81. The molecule has 1 fully saturated rings. The topological polar surface area (TPSA) is 94.5 Å². The van der Waals surface area contributed by atoms with Gasteiger partial charge in [-0.1, -0.05) is 0 Å². The lowest BCUT2D eigenvalue weighted by molar-refractivity contribution is -0.384. The van der Waals surface area contributed by atoms with Crippen LogP contribution >= 0.6 is 0 Å². The number of hydrogen-bond acceptors (Lipinski definition) is 6. The van der Waals surface area contributed by atoms with Gasteiger partial charge in [-0.2, -0.15) is 0 Å². The highest BCUT2D eigenvalue weighted by Crippen LogP contribution is 2.23. The number of ether oxygens (including phenoxy) is 1. The highest BCUT2D eigenvalue weighted by Gasteiger charge is 2.19. The number of nitrogens with zero attached hydrogens (tertiary/aromatic N) is 3. The monoisotopic (exact) mass is 252 g/mol. The Morgan fingerprint density at radius 1 is 1.67 bits per heavy atom. The van der Waals surface area contributed by atoms with Gasteiger partial charge in [0.15, 0.2) is 0 Å². The average molecular weight is 252 g/mol. The Labute approximate surface area is 105 Å². The maximum Gasteiger partial charge on any atom is 0.311 e. The molecule has 1 saturated heterocycles. The molecule has 2 rings (SSSR count). The van der Waals surface area contributed by atoms with E-state index in [4.69, 9.17) is 10.5 Å². The van der Waals surface area contributed by atoms with Crippen molar-refractivity contribution in [3.63, 3.8) is 0 Å². The molecule has 0 amide bonds. The van der Waals surface area contributed by atoms with Crippen molar-refractivity contribution < 1.29 is 9.66 Å². The van der Waals surface area contributed by atoms with Crippen molar-refractivity contribution in [1.82, 2.24) is 4.98 Å². The average Bonchev–Trinajstić information content (AvgIpc) is 2.81. The van der Waals surface area contributed by atoms with Crippen molar-refractivity contribution in [1.29, 1.82) is 0 Å². The molecule has 2 heterocycles. The third-order valence-electron chi connectivity index (χ3n) is 2.98. The Hall–Kier alpha value is -1.89. The molecule has 1 atom stereocenters. The fourth-order valence-electron chi connectivity index (χ4n) is 2.01. The Kier molecular flexibility index (Phi) is 3.61. The SMILES string of the molecule is CN(CC1CCCO1)c1ccc([N+](=O)[O-])c(N)n1. The summed E-state index contributed by atoms with van der Waals surface area (Å²) in [5.41, 5.74) is 5.39. The predicted octanol–water partition coefficient (Wildman–Crippen LogP) is 1.19. The third kappa shape index (κ3) is 2.67. The molecule has 2 N–H and O–H groups in total. The van der Waals surface area contributed by atoms with Crippen LogP contribution in [0.2, 0.25) is 0 Å². The quantitative estimate of drug-likeness (QED) is 0.638. The minimum absolute atomic E-state index is 0.0586. The van der Waals surface area contributed by atoms with Crippen LogP contribution in [0.25, 0.3) is 0 Å². The van der Waals surface area contributed by atoms with Gasteiger partial charge in [-0.15, -0.1) is 0 Å². The summed E-state index contributed by atoms with van der Waals surface area (Å²) in [7, 11) is 1.87. The van der Waals surface area contributed by atoms with Gasteiger partial charge in [0.25, 0.3) is 0 Å². The molecule has 7 nitrogen and oxygen atoms in total. The van der Waals surface area contributed by atoms with Crippen LogP contribution in [0.15, 0.2) is 12.1 Å². The van der Waals surface area contributed by atoms with E-state index >= 15 is 0 Å². The van der Waals surface area contributed by atoms with Gasteiger partial charge in [0, 0.05) is 26.3 Å². The highest BCUT2D eigenvalue weighted by molar-refractivity contribution is 5.57. The summed E-state index contributed by atoms with van der Waals surface area (Å²) in [4.78, 5) is 16.0. The van der Waals surface area contributed by atoms with Crippen molar-refractivity contribution in [2.45, 2.75) is 18.9 Å². The van der Waals surface area contributed by atoms with Crippen LogP contribution in [0.4, 0.5) is 17.3 Å². The molecule has 0 saturated carbocycles. The molecule has 98 valence electrons. The number of rotatable bonds is 4. The smallest absolute Gasteiger partial charge is 0.311 e. The van der Waals surface area contributed by atoms with Crippen molar-refractivity contribution in [2.75, 3.05) is 30.8 Å². The van der Waals surface area contributed by atoms with E-state index in [-0.39, 0.29) is 17.6 Å². The van der Waals surface area contributed by atoms with Crippen molar-refractivity contribution in [3.8, 4) is 0 Å². The van der Waals surface area contributed by atoms with Crippen LogP contribution in [0, 0.1) is 10.1 Å². The fraction of sp³-hybridized carbons (Fsp3) is 0.545. The molecule has 0 bridgehead atoms. The lowest BCUT2D eigenvalue weighted by Crippen LogP contribution is -2.29. The van der Waals surface area contributed by atoms with Crippen LogP contribution in [0.1, 0.15) is 12.8 Å². The van der Waals surface area contributed by atoms with E-state index in [1.807, 2.05) is 11.9 Å². The number of pyridine rings is 1. The van der Waals surface area contributed by atoms with Gasteiger partial charge in [0.05, 0.1) is 11.0 Å². The molecule has 1 aliphatic heterocycles. The van der Waals surface area contributed by atoms with Crippen molar-refractivity contribution >= 4 is 17.3 Å². The van der Waals surface area contributed by atoms with E-state index < -0.39 is 4.92 Å². The molecule has 18 heavy (non-hydrogen) atoms. The van der Waals surface area contributed by atoms with Crippen molar-refractivity contribution in [3.05, 3.63) is 22.2 Å². The molecule has 0 aliphatic carbocycles. The molecule has 1 aromatic heterocycles. The van der Waals surface area contributed by atoms with E-state index in [1.54, 1.807) is 6.07 Å². The molecule has 0 radical (unpaired) electrons. The highest BCUT2D eigenvalue weighted by atomic mass is 16.6. The second-order valence-electron chi connectivity index (χ2n) is 4.35. The molecule has 0 spiro atoms. The summed E-state index contributed by atoms with van der Waals surface area (Å²) in [6, 6.07) is 2.98. The first kappa shape index (κ1) is 12.6. The zero-order chi connectivity index (χ0) is 13.1. The summed E-state index contributed by atoms with van der Waals surface area (Å²) in [6.45, 7) is 1.51. The Bertz CT molecular complexity index is 446. The summed E-state index contributed by atoms with van der Waals surface area (Å²) >= 11 is 0. The minimum Gasteiger partial charge on any atom is -0.378 e. The van der Waals surface area contributed by atoms with Gasteiger partial charge in [-0.25, -0.2) is 4.98 Å². The second-order valence-corrected chi connectivity index (χ2v) is 4.35. The largest absolute Gasteiger partial charge is 0.378 e. The Balaban J connectivity index is 2.08. The molecule has 1 unspecified atom stereocenters. The molecule has 7 heteroatoms. The summed E-state index contributed by atoms with van der Waals surface area (Å²) in [5, 5.41) is 10.6. The van der Waals surface area contributed by atoms with E-state index in [0.29, 0.717) is 12.4 Å². The minimum atomic E-state index is -0.536. The molecule has 1 aromatic rings. The zero-order valence-corrected chi connectivity index (χ0v) is 10.2. The predicted molar refractivity (Wildman–Crippen MR) is 67.5 cm³/mol. The standard InChI is InChI=1S/C11H16N4O3/c1-14(7-8-3-2-6-18-8)10-5-4-9(15(16)17)11(12)13-10/h4-5,8H,2-3,6-7H2,1H3,(H2,12,13). The van der Waals surface area contributed by atoms with Crippen LogP contribution in [-0.4, -0.2) is 36.2 Å². The molecular formula is C11H16N4O3. The summed E-state index contributed by atoms with van der Waals surface area (Å²) in [6.07, 6.45) is 2.31. The first-order valence-corrected chi connectivity index (χ1v) is 5.81. The van der Waals surface area contributed by atoms with E-state index in [1.165, 1.54) is 6.07 Å². The van der Waals surface area contributed by atoms with Crippen LogP contribution in [0.5, 0.6) is 0 Å². The molecule has 0 aromatic carbocycles. The van der Waals surface area contributed by atoms with E-state index in [9.17, 15) is 10.1 Å². The first-order chi connectivity index (χ1) is 8.58. The number of nitro groups is 1. The maximum atomic E-state index is 10.6. The van der Waals surface area contributed by atoms with Gasteiger partial charge >= 0.3 is 5.69 Å². The van der Waals surface area contributed by atoms with Crippen LogP contribution in [0.3, 0.4) is 0 Å². The van der Waals surface area contributed by atoms with Crippen LogP contribution < -0.4 is 10.6 Å². The lowest BCUT2D eigenvalue weighted by atomic mass is 10.2. The van der Waals surface area contributed by atoms with Gasteiger partial charge < -0.3 is 15.4 Å². The number of nitrogens with two attached hydrogens (primary N) is 1. The lowest BCUT2D eigenvalue weighted by Gasteiger charge is -2.21. The molecule has 1 aliphatic rings. The van der Waals surface area contributed by atoms with Crippen LogP contribution in [-0.2, 0) is 4.74 Å². The number of anilines is 2. The number of aromatic nitrogens is 1. The zero-order valence-electron chi connectivity index (χ0n) is 10.2. The number of hydrogen-bond donors (Lipinski definition) is 1. The van der Waals surface area contributed by atoms with E-state index in [0.717, 1.165) is 19.4 Å². The third-order valence-corrected chi connectivity index (χ3v) is 2.98. The fourth-order valence-corrected chi connectivity index (χ4v) is 2.01. The summed E-state index contributed by atoms with van der Waals surface area (Å²) < 4.78 is 5.53. The number of likely N-dealkylation sites (N-methyl/N-ethyl adjacent to an activating group) is 1. The van der Waals surface area contributed by atoms with Gasteiger partial charge in [0.1, 0.15) is 5.82 Å². The number of nitrogen functional groups attached to an aromatic ring is 1. The summed E-state index contributed by atoms with van der Waals surface area (Å²) in [5.74, 6) is 0.560. The van der Waals surface area contributed by atoms with Gasteiger partial charge in [0.2, 0.25) is 5.82 Å². The second kappa shape index (κ2) is 5.18. The van der Waals surface area contributed by atoms with Crippen molar-refractivity contribution in [2.24, 2.45) is 0 Å². The van der Waals surface area contributed by atoms with Gasteiger partial charge in [-0.05, 0) is 18.9 Å². The maximum absolute atomic E-state index is 10.6. The van der Waals surface area contributed by atoms with E-state index in [2.05, 4.69) is 4.98 Å².